The van der Waals surface area contributed by atoms with Crippen LogP contribution in [0.3, 0.4) is 0 Å². The molecule has 1 N–H and O–H groups in total. The second kappa shape index (κ2) is 6.85. The zero-order chi connectivity index (χ0) is 17.9. The maximum atomic E-state index is 12.1. The fraction of sp³-hybridized carbons (Fsp3) is 0. The van der Waals surface area contributed by atoms with Crippen LogP contribution in [-0.2, 0) is 4.79 Å². The number of halogens is 1. The molecule has 0 aliphatic carbocycles. The number of para-hydroxylation sites is 1. The van der Waals surface area contributed by atoms with Crippen LogP contribution in [0.2, 0.25) is 5.02 Å². The minimum atomic E-state index is -0.321. The maximum Gasteiger partial charge on any atom is 0.248 e. The number of benzene rings is 2. The monoisotopic (exact) mass is 364 g/mol. The molecule has 7 heteroatoms. The first-order chi connectivity index (χ1) is 12.7. The SMILES string of the molecule is O=C(C=Cc1ccco1)Nc1cc2nn(-c3ccccc3)nc2cc1Cl. The largest absolute Gasteiger partial charge is 0.465 e. The third-order valence-corrected chi connectivity index (χ3v) is 3.97. The topological polar surface area (TPSA) is 73.0 Å². The first-order valence-electron chi connectivity index (χ1n) is 7.84. The van der Waals surface area contributed by atoms with E-state index in [4.69, 9.17) is 16.0 Å². The highest BCUT2D eigenvalue weighted by Crippen LogP contribution is 2.27. The number of anilines is 1. The van der Waals surface area contributed by atoms with Gasteiger partial charge in [0.25, 0.3) is 0 Å². The lowest BCUT2D eigenvalue weighted by atomic mass is 10.2. The average molecular weight is 365 g/mol. The second-order valence-electron chi connectivity index (χ2n) is 5.48. The standard InChI is InChI=1S/C19H13ClN4O2/c20-15-11-17-18(23-24(22-17)13-5-2-1-3-6-13)12-16(15)21-19(25)9-8-14-7-4-10-26-14/h1-12H,(H,21,25). The molecule has 0 fully saturated rings. The molecular formula is C19H13ClN4O2. The van der Waals surface area contributed by atoms with Crippen LogP contribution in [0.15, 0.2) is 71.4 Å². The number of aromatic nitrogens is 3. The third-order valence-electron chi connectivity index (χ3n) is 3.66. The Morgan fingerprint density at radius 1 is 1.08 bits per heavy atom. The van der Waals surface area contributed by atoms with Gasteiger partial charge in [-0.25, -0.2) is 0 Å². The Hall–Kier alpha value is -3.38. The number of hydrogen-bond acceptors (Lipinski definition) is 4. The minimum absolute atomic E-state index is 0.321. The molecular weight excluding hydrogens is 352 g/mol. The first-order valence-corrected chi connectivity index (χ1v) is 8.21. The number of carbonyl (C=O) groups excluding carboxylic acids is 1. The smallest absolute Gasteiger partial charge is 0.248 e. The number of fused-ring (bicyclic) bond motifs is 1. The molecule has 0 bridgehead atoms. The lowest BCUT2D eigenvalue weighted by Crippen LogP contribution is -2.08. The normalized spacial score (nSPS) is 11.3. The summed E-state index contributed by atoms with van der Waals surface area (Å²) in [7, 11) is 0. The van der Waals surface area contributed by atoms with Gasteiger partial charge >= 0.3 is 0 Å². The minimum Gasteiger partial charge on any atom is -0.465 e. The Kier molecular flexibility index (Phi) is 4.25. The van der Waals surface area contributed by atoms with Crippen molar-refractivity contribution in [2.75, 3.05) is 5.32 Å². The summed E-state index contributed by atoms with van der Waals surface area (Å²) in [6.45, 7) is 0. The van der Waals surface area contributed by atoms with E-state index in [-0.39, 0.29) is 5.91 Å². The molecule has 2 aromatic carbocycles. The van der Waals surface area contributed by atoms with Gasteiger partial charge in [0.15, 0.2) is 0 Å². The average Bonchev–Trinajstić information content (AvgIpc) is 3.30. The Morgan fingerprint density at radius 2 is 1.85 bits per heavy atom. The molecule has 6 nitrogen and oxygen atoms in total. The van der Waals surface area contributed by atoms with E-state index in [0.717, 1.165) is 5.69 Å². The molecule has 0 spiro atoms. The molecule has 0 aliphatic heterocycles. The Bertz CT molecular complexity index is 1090. The van der Waals surface area contributed by atoms with Crippen LogP contribution in [-0.4, -0.2) is 20.9 Å². The van der Waals surface area contributed by atoms with Crippen molar-refractivity contribution in [1.82, 2.24) is 15.0 Å². The van der Waals surface area contributed by atoms with E-state index in [1.54, 1.807) is 36.6 Å². The molecule has 128 valence electrons. The Morgan fingerprint density at radius 3 is 2.58 bits per heavy atom. The zero-order valence-corrected chi connectivity index (χ0v) is 14.2. The summed E-state index contributed by atoms with van der Waals surface area (Å²) in [6, 6.07) is 16.4. The first kappa shape index (κ1) is 16.1. The van der Waals surface area contributed by atoms with E-state index in [9.17, 15) is 4.79 Å². The van der Waals surface area contributed by atoms with Gasteiger partial charge in [-0.2, -0.15) is 4.80 Å². The van der Waals surface area contributed by atoms with Crippen LogP contribution >= 0.6 is 11.6 Å². The number of carbonyl (C=O) groups is 1. The maximum absolute atomic E-state index is 12.1. The van der Waals surface area contributed by atoms with Gasteiger partial charge in [0.2, 0.25) is 5.91 Å². The molecule has 1 amide bonds. The van der Waals surface area contributed by atoms with Gasteiger partial charge in [0, 0.05) is 6.08 Å². The van der Waals surface area contributed by atoms with Crippen LogP contribution in [0, 0.1) is 0 Å². The van der Waals surface area contributed by atoms with E-state index in [1.165, 1.54) is 10.9 Å². The molecule has 0 aliphatic rings. The second-order valence-corrected chi connectivity index (χ2v) is 5.89. The van der Waals surface area contributed by atoms with Crippen LogP contribution in [0.25, 0.3) is 22.8 Å². The summed E-state index contributed by atoms with van der Waals surface area (Å²) >= 11 is 6.27. The molecule has 2 aromatic heterocycles. The number of hydrogen-bond donors (Lipinski definition) is 1. The number of furan rings is 1. The van der Waals surface area contributed by atoms with Crippen molar-refractivity contribution in [1.29, 1.82) is 0 Å². The molecule has 2 heterocycles. The summed E-state index contributed by atoms with van der Waals surface area (Å²) in [6.07, 6.45) is 4.49. The van der Waals surface area contributed by atoms with Gasteiger partial charge in [-0.3, -0.25) is 4.79 Å². The highest BCUT2D eigenvalue weighted by Gasteiger charge is 2.10. The molecule has 0 radical (unpaired) electrons. The van der Waals surface area contributed by atoms with Gasteiger partial charge in [-0.1, -0.05) is 29.8 Å². The van der Waals surface area contributed by atoms with E-state index in [0.29, 0.717) is 27.5 Å². The van der Waals surface area contributed by atoms with Crippen LogP contribution in [0.4, 0.5) is 5.69 Å². The van der Waals surface area contributed by atoms with Crippen LogP contribution in [0.5, 0.6) is 0 Å². The molecule has 0 atom stereocenters. The predicted octanol–water partition coefficient (Wildman–Crippen LogP) is 4.32. The summed E-state index contributed by atoms with van der Waals surface area (Å²) < 4.78 is 5.15. The van der Waals surface area contributed by atoms with Gasteiger partial charge in [-0.05, 0) is 42.5 Å². The van der Waals surface area contributed by atoms with Crippen molar-refractivity contribution in [3.63, 3.8) is 0 Å². The Labute approximate surface area is 153 Å². The van der Waals surface area contributed by atoms with Crippen molar-refractivity contribution < 1.29 is 9.21 Å². The lowest BCUT2D eigenvalue weighted by molar-refractivity contribution is -0.111. The Balaban J connectivity index is 1.59. The fourth-order valence-corrected chi connectivity index (χ4v) is 2.63. The predicted molar refractivity (Wildman–Crippen MR) is 100 cm³/mol. The van der Waals surface area contributed by atoms with Crippen molar-refractivity contribution in [2.45, 2.75) is 0 Å². The molecule has 0 unspecified atom stereocenters. The number of nitrogens with zero attached hydrogens (tertiary/aromatic N) is 3. The van der Waals surface area contributed by atoms with Gasteiger partial charge < -0.3 is 9.73 Å². The van der Waals surface area contributed by atoms with Crippen molar-refractivity contribution >= 4 is 40.3 Å². The summed E-state index contributed by atoms with van der Waals surface area (Å²) in [5.74, 6) is 0.269. The fourth-order valence-electron chi connectivity index (χ4n) is 2.43. The van der Waals surface area contributed by atoms with Crippen LogP contribution in [0.1, 0.15) is 5.76 Å². The molecule has 0 saturated carbocycles. The third kappa shape index (κ3) is 3.36. The van der Waals surface area contributed by atoms with E-state index in [2.05, 4.69) is 15.5 Å². The number of amides is 1. The number of nitrogens with one attached hydrogen (secondary N) is 1. The van der Waals surface area contributed by atoms with Crippen molar-refractivity contribution in [3.8, 4) is 5.69 Å². The zero-order valence-electron chi connectivity index (χ0n) is 13.5. The van der Waals surface area contributed by atoms with E-state index < -0.39 is 0 Å². The lowest BCUT2D eigenvalue weighted by Gasteiger charge is -2.04. The van der Waals surface area contributed by atoms with E-state index in [1.807, 2.05) is 30.3 Å². The molecule has 26 heavy (non-hydrogen) atoms. The van der Waals surface area contributed by atoms with E-state index >= 15 is 0 Å². The highest BCUT2D eigenvalue weighted by molar-refractivity contribution is 6.34. The summed E-state index contributed by atoms with van der Waals surface area (Å²) in [5.41, 5.74) is 2.58. The van der Waals surface area contributed by atoms with Crippen molar-refractivity contribution in [2.24, 2.45) is 0 Å². The van der Waals surface area contributed by atoms with Gasteiger partial charge in [0.1, 0.15) is 16.8 Å². The van der Waals surface area contributed by atoms with Crippen LogP contribution < -0.4 is 5.32 Å². The highest BCUT2D eigenvalue weighted by atomic mass is 35.5. The van der Waals surface area contributed by atoms with Gasteiger partial charge in [-0.15, -0.1) is 10.2 Å². The number of rotatable bonds is 4. The summed E-state index contributed by atoms with van der Waals surface area (Å²) in [4.78, 5) is 13.6. The quantitative estimate of drug-likeness (QED) is 0.547. The molecule has 0 saturated heterocycles. The van der Waals surface area contributed by atoms with Gasteiger partial charge in [0.05, 0.1) is 22.7 Å². The molecule has 4 rings (SSSR count). The summed E-state index contributed by atoms with van der Waals surface area (Å²) in [5, 5.41) is 12.0. The molecule has 4 aromatic rings. The van der Waals surface area contributed by atoms with Crippen molar-refractivity contribution in [3.05, 3.63) is 77.7 Å².